The van der Waals surface area contributed by atoms with Crippen molar-refractivity contribution < 1.29 is 33.5 Å². The Hall–Kier alpha value is -4.24. The Bertz CT molecular complexity index is 2440. The van der Waals surface area contributed by atoms with Gasteiger partial charge in [-0.3, -0.25) is 0 Å². The molecule has 8 aromatic carbocycles. The van der Waals surface area contributed by atoms with Crippen LogP contribution in [0.15, 0.2) is 133 Å². The molecule has 0 saturated carbocycles. The van der Waals surface area contributed by atoms with Crippen LogP contribution in [-0.2, 0) is 47.0 Å². The van der Waals surface area contributed by atoms with Gasteiger partial charge in [0, 0.05) is 0 Å². The monoisotopic (exact) mass is 890 g/mol. The van der Waals surface area contributed by atoms with E-state index in [0.717, 1.165) is 11.1 Å². The quantitative estimate of drug-likeness (QED) is 0.137. The summed E-state index contributed by atoms with van der Waals surface area (Å²) in [4.78, 5) is 0. The van der Waals surface area contributed by atoms with E-state index >= 15 is 0 Å². The number of benzene rings is 6. The molecule has 0 unspecified atom stereocenters. The van der Waals surface area contributed by atoms with Crippen LogP contribution in [0.5, 0.6) is 11.5 Å². The maximum atomic E-state index is 9.57. The summed E-state index contributed by atoms with van der Waals surface area (Å²) in [6.45, 7) is 25.7. The van der Waals surface area contributed by atoms with Crippen LogP contribution in [0.2, 0.25) is 13.1 Å². The summed E-state index contributed by atoms with van der Waals surface area (Å²) < 4.78 is 0. The average molecular weight is 892 g/mol. The third kappa shape index (κ3) is 13.9. The Morgan fingerprint density at radius 2 is 0.833 bits per heavy atom. The summed E-state index contributed by atoms with van der Waals surface area (Å²) in [6.07, 6.45) is 4.80. The molecule has 0 aliphatic rings. The van der Waals surface area contributed by atoms with Crippen LogP contribution < -0.4 is 0 Å². The summed E-state index contributed by atoms with van der Waals surface area (Å²) in [5.41, 5.74) is 7.61. The van der Waals surface area contributed by atoms with Crippen molar-refractivity contribution in [3.8, 4) is 11.5 Å². The molecule has 4 heteroatoms. The zero-order chi connectivity index (χ0) is 44.2. The van der Waals surface area contributed by atoms with Crippen molar-refractivity contribution in [3.63, 3.8) is 0 Å². The molecule has 60 heavy (non-hydrogen) atoms. The van der Waals surface area contributed by atoms with E-state index in [-0.39, 0.29) is 16.3 Å². The number of aryl methyl sites for hydroxylation is 4. The second kappa shape index (κ2) is 22.0. The topological polar surface area (TPSA) is 40.5 Å². The van der Waals surface area contributed by atoms with Gasteiger partial charge in [0.2, 0.25) is 0 Å². The number of phenolic OH excluding ortho intramolecular Hbond substituents is 2. The van der Waals surface area contributed by atoms with Gasteiger partial charge < -0.3 is 10.2 Å². The molecule has 0 aliphatic carbocycles. The molecule has 0 saturated heterocycles. The summed E-state index contributed by atoms with van der Waals surface area (Å²) in [7, 11) is 0. The third-order valence-corrected chi connectivity index (χ3v) is 10.3. The molecule has 0 aromatic heterocycles. The molecule has 0 radical (unpaired) electrons. The maximum absolute atomic E-state index is 9.57. The van der Waals surface area contributed by atoms with Crippen LogP contribution >= 0.6 is 0 Å². The van der Waals surface area contributed by atoms with Crippen molar-refractivity contribution in [2.45, 2.75) is 119 Å². The predicted octanol–water partition coefficient (Wildman–Crippen LogP) is 16.1. The first-order chi connectivity index (χ1) is 28.3. The van der Waals surface area contributed by atoms with Crippen LogP contribution in [0, 0.1) is 13.8 Å². The van der Waals surface area contributed by atoms with Crippen molar-refractivity contribution in [1.82, 2.24) is 0 Å². The normalized spacial score (nSPS) is 11.2. The average Bonchev–Trinajstić information content (AvgIpc) is 3.81. The minimum absolute atomic E-state index is 0.0239. The van der Waals surface area contributed by atoms with E-state index in [1.807, 2.05) is 38.1 Å². The Labute approximate surface area is 376 Å². The number of phenols is 2. The summed E-state index contributed by atoms with van der Waals surface area (Å²) in [5, 5.41) is 30.1. The van der Waals surface area contributed by atoms with Crippen LogP contribution in [-0.4, -0.2) is 15.6 Å². The molecule has 0 heterocycles. The molecule has 0 aliphatic heterocycles. The fraction of sp³-hybridized carbons (Fsp3) is 0.321. The number of hydrogen-bond donors (Lipinski definition) is 2. The van der Waals surface area contributed by atoms with Gasteiger partial charge in [-0.05, 0) is 60.8 Å². The first kappa shape index (κ1) is 48.4. The maximum Gasteiger partial charge on any atom is 0.119 e. The van der Waals surface area contributed by atoms with Gasteiger partial charge in [0.05, 0.1) is 0 Å². The van der Waals surface area contributed by atoms with Gasteiger partial charge in [-0.1, -0.05) is 186 Å². The van der Waals surface area contributed by atoms with Gasteiger partial charge in [0.15, 0.2) is 0 Å². The van der Waals surface area contributed by atoms with Gasteiger partial charge in [0.25, 0.3) is 0 Å². The smallest absolute Gasteiger partial charge is 0.119 e. The van der Waals surface area contributed by atoms with E-state index in [1.165, 1.54) is 91.0 Å². The first-order valence-corrected chi connectivity index (χ1v) is 27.8. The molecular formula is C56H68O2SiZr. The van der Waals surface area contributed by atoms with E-state index in [0.29, 0.717) is 11.5 Å². The minimum Gasteiger partial charge on any atom is -0.508 e. The molecule has 8 rings (SSSR count). The minimum atomic E-state index is 0.0239. The predicted molar refractivity (Wildman–Crippen MR) is 263 cm³/mol. The summed E-state index contributed by atoms with van der Waals surface area (Å²) in [6, 6.07) is 46.9. The summed E-state index contributed by atoms with van der Waals surface area (Å²) in [5.74, 6) is 0.793. The third-order valence-electron chi connectivity index (χ3n) is 10.3. The van der Waals surface area contributed by atoms with Crippen LogP contribution in [0.25, 0.3) is 43.1 Å². The van der Waals surface area contributed by atoms with Crippen LogP contribution in [0.4, 0.5) is 0 Å². The largest absolute Gasteiger partial charge is 0.508 e. The first-order valence-electron chi connectivity index (χ1n) is 21.6. The molecule has 312 valence electrons. The molecule has 0 bridgehead atoms. The summed E-state index contributed by atoms with van der Waals surface area (Å²) >= 11 is 1.74. The van der Waals surface area contributed by atoms with E-state index < -0.39 is 0 Å². The Morgan fingerprint density at radius 1 is 0.500 bits per heavy atom. The van der Waals surface area contributed by atoms with Crippen molar-refractivity contribution in [2.24, 2.45) is 0 Å². The molecule has 2 N–H and O–H groups in total. The Morgan fingerprint density at radius 3 is 1.15 bits per heavy atom. The van der Waals surface area contributed by atoms with Gasteiger partial charge >= 0.3 is 41.9 Å². The van der Waals surface area contributed by atoms with Crippen molar-refractivity contribution in [2.75, 3.05) is 0 Å². The number of aromatic hydroxyl groups is 2. The van der Waals surface area contributed by atoms with Crippen molar-refractivity contribution in [1.29, 1.82) is 0 Å². The molecule has 0 fully saturated rings. The standard InChI is InChI=1S/2C16H15.2C11H16O.C2H6Si.Zr/c2*1-2-5-12-10-14-9-8-13-6-3-4-7-15(13)16(14)11-12;2*1-8-5-6-10(12)9(7-8)11(2,3)4;1-3-2;/h2*3-4,6-11H,2,5H2,1H3;2*5-7,12H,1-4H3;1-2H3;/q2*-1;;;;+2. The zero-order valence-electron chi connectivity index (χ0n) is 38.4. The van der Waals surface area contributed by atoms with E-state index in [9.17, 15) is 10.2 Å². The van der Waals surface area contributed by atoms with Gasteiger partial charge in [0.1, 0.15) is 11.5 Å². The number of fused-ring (bicyclic) bond motifs is 6. The van der Waals surface area contributed by atoms with Crippen molar-refractivity contribution in [3.05, 3.63) is 167 Å². The Kier molecular flexibility index (Phi) is 17.8. The molecule has 0 spiro atoms. The van der Waals surface area contributed by atoms with Gasteiger partial charge in [-0.15, -0.1) is 56.9 Å². The zero-order valence-corrected chi connectivity index (χ0v) is 41.9. The van der Waals surface area contributed by atoms with E-state index in [2.05, 4.69) is 166 Å². The fourth-order valence-electron chi connectivity index (χ4n) is 7.42. The molecular weight excluding hydrogens is 824 g/mol. The van der Waals surface area contributed by atoms with Gasteiger partial charge in [-0.25, -0.2) is 0 Å². The SMILES string of the molecule is CCCc1cc2ccc3ccccc3c2[cH-]1.CCCc1cc2ccc3ccccc3c2[cH-]1.C[Si](C)=[Zr+2].Cc1ccc(O)c(C(C)(C)C)c1.Cc1ccc(O)c(C(C)(C)C)c1. The van der Waals surface area contributed by atoms with Crippen LogP contribution in [0.3, 0.4) is 0 Å². The Balaban J connectivity index is 0.000000173. The molecule has 2 nitrogen and oxygen atoms in total. The molecule has 0 amide bonds. The molecule has 8 aromatic rings. The number of rotatable bonds is 4. The van der Waals surface area contributed by atoms with Crippen molar-refractivity contribution >= 4 is 48.5 Å². The van der Waals surface area contributed by atoms with E-state index in [1.54, 1.807) is 35.5 Å². The fourth-order valence-corrected chi connectivity index (χ4v) is 7.42. The molecule has 0 atom stereocenters. The van der Waals surface area contributed by atoms with E-state index in [4.69, 9.17) is 0 Å². The van der Waals surface area contributed by atoms with Crippen LogP contribution in [0.1, 0.15) is 102 Å². The second-order valence-corrected chi connectivity index (χ2v) is 27.7. The second-order valence-electron chi connectivity index (χ2n) is 18.3. The van der Waals surface area contributed by atoms with Gasteiger partial charge in [-0.2, -0.15) is 12.1 Å². The number of hydrogen-bond acceptors (Lipinski definition) is 2.